The lowest BCUT2D eigenvalue weighted by Gasteiger charge is -2.30. The van der Waals surface area contributed by atoms with Crippen LogP contribution in [0.5, 0.6) is 0 Å². The van der Waals surface area contributed by atoms with Crippen LogP contribution in [-0.4, -0.2) is 27.7 Å². The maximum absolute atomic E-state index is 12.4. The van der Waals surface area contributed by atoms with E-state index in [4.69, 9.17) is 22.5 Å². The van der Waals surface area contributed by atoms with Crippen molar-refractivity contribution in [2.45, 2.75) is 32.5 Å². The van der Waals surface area contributed by atoms with Gasteiger partial charge in [0, 0.05) is 27.5 Å². The van der Waals surface area contributed by atoms with Crippen molar-refractivity contribution in [2.75, 3.05) is 5.32 Å². The zero-order valence-electron chi connectivity index (χ0n) is 15.6. The summed E-state index contributed by atoms with van der Waals surface area (Å²) in [5.74, 6) is -1.58. The molecule has 1 aromatic carbocycles. The molecule has 0 unspecified atom stereocenters. The minimum atomic E-state index is -1.07. The minimum Gasteiger partial charge on any atom is -0.478 e. The van der Waals surface area contributed by atoms with Crippen molar-refractivity contribution in [3.8, 4) is 0 Å². The molecule has 9 nitrogen and oxygen atoms in total. The maximum atomic E-state index is 12.4. The zero-order chi connectivity index (χ0) is 21.2. The summed E-state index contributed by atoms with van der Waals surface area (Å²) >= 11 is 6.43. The number of aromatic carboxylic acids is 1. The lowest BCUT2D eigenvalue weighted by Crippen LogP contribution is -2.34. The maximum Gasteiger partial charge on any atom is 0.339 e. The molecule has 1 aromatic heterocycles. The monoisotopic (exact) mass is 431 g/mol. The molecular formula is C18H17N5O4S2. The first-order valence-corrected chi connectivity index (χ1v) is 9.72. The number of azide groups is 1. The second-order valence-corrected chi connectivity index (χ2v) is 8.40. The molecule has 0 atom stereocenters. The van der Waals surface area contributed by atoms with Crippen molar-refractivity contribution in [1.82, 2.24) is 5.32 Å². The highest BCUT2D eigenvalue weighted by molar-refractivity contribution is 7.80. The summed E-state index contributed by atoms with van der Waals surface area (Å²) in [5, 5.41) is 18.8. The highest BCUT2D eigenvalue weighted by atomic mass is 32.1. The predicted octanol–water partition coefficient (Wildman–Crippen LogP) is 4.37. The Balaban J connectivity index is 1.78. The SMILES string of the molecule is CC1(C)Cc2c(sc(NC(=S)NC(=O)c3cccc(N=[N+]=[N-])c3)c2C(=O)O)CO1. The van der Waals surface area contributed by atoms with E-state index < -0.39 is 17.5 Å². The first-order valence-electron chi connectivity index (χ1n) is 8.49. The molecule has 1 aliphatic heterocycles. The van der Waals surface area contributed by atoms with Gasteiger partial charge in [-0.05, 0) is 49.3 Å². The summed E-state index contributed by atoms with van der Waals surface area (Å²) in [6.07, 6.45) is 0.466. The van der Waals surface area contributed by atoms with Gasteiger partial charge in [-0.1, -0.05) is 17.2 Å². The number of amides is 1. The number of benzene rings is 1. The number of thiocarbonyl (C=S) groups is 1. The Kier molecular flexibility index (Phi) is 5.85. The number of carboxylic acids is 1. The normalized spacial score (nSPS) is 14.3. The van der Waals surface area contributed by atoms with Crippen LogP contribution in [0, 0.1) is 0 Å². The van der Waals surface area contributed by atoms with E-state index in [1.807, 2.05) is 13.8 Å². The van der Waals surface area contributed by atoms with Crippen molar-refractivity contribution < 1.29 is 19.4 Å². The third-order valence-corrected chi connectivity index (χ3v) is 5.55. The predicted molar refractivity (Wildman–Crippen MR) is 113 cm³/mol. The molecule has 1 amide bonds. The fraction of sp³-hybridized carbons (Fsp3) is 0.278. The number of fused-ring (bicyclic) bond motifs is 1. The Hall–Kier alpha value is -2.98. The van der Waals surface area contributed by atoms with Crippen LogP contribution in [0.25, 0.3) is 10.4 Å². The molecule has 0 bridgehead atoms. The Morgan fingerprint density at radius 2 is 2.17 bits per heavy atom. The Morgan fingerprint density at radius 1 is 1.41 bits per heavy atom. The Bertz CT molecular complexity index is 1060. The van der Waals surface area contributed by atoms with E-state index in [1.54, 1.807) is 18.2 Å². The van der Waals surface area contributed by atoms with Gasteiger partial charge in [0.1, 0.15) is 5.00 Å². The van der Waals surface area contributed by atoms with Gasteiger partial charge in [-0.25, -0.2) is 4.79 Å². The van der Waals surface area contributed by atoms with Gasteiger partial charge in [0.15, 0.2) is 5.11 Å². The summed E-state index contributed by atoms with van der Waals surface area (Å²) in [5.41, 5.74) is 9.45. The highest BCUT2D eigenvalue weighted by Gasteiger charge is 2.33. The average molecular weight is 431 g/mol. The number of nitrogens with zero attached hydrogens (tertiary/aromatic N) is 3. The fourth-order valence-corrected chi connectivity index (χ4v) is 4.33. The number of hydrogen-bond acceptors (Lipinski definition) is 6. The third kappa shape index (κ3) is 4.72. The molecule has 150 valence electrons. The molecule has 3 N–H and O–H groups in total. The van der Waals surface area contributed by atoms with Crippen LogP contribution in [0.15, 0.2) is 29.4 Å². The van der Waals surface area contributed by atoms with Crippen LogP contribution in [0.1, 0.15) is 45.0 Å². The van der Waals surface area contributed by atoms with Crippen LogP contribution in [0.2, 0.25) is 0 Å². The summed E-state index contributed by atoms with van der Waals surface area (Å²) in [7, 11) is 0. The molecule has 11 heteroatoms. The van der Waals surface area contributed by atoms with Crippen molar-refractivity contribution in [3.05, 3.63) is 56.3 Å². The molecule has 0 saturated heterocycles. The number of thiophene rings is 1. The van der Waals surface area contributed by atoms with Gasteiger partial charge in [0.25, 0.3) is 5.91 Å². The van der Waals surface area contributed by atoms with E-state index >= 15 is 0 Å². The van der Waals surface area contributed by atoms with Gasteiger partial charge < -0.3 is 15.2 Å². The number of carboxylic acid groups (broad SMARTS) is 1. The van der Waals surface area contributed by atoms with Gasteiger partial charge in [0.2, 0.25) is 0 Å². The molecule has 0 spiro atoms. The van der Waals surface area contributed by atoms with E-state index in [0.29, 0.717) is 23.7 Å². The number of rotatable bonds is 4. The van der Waals surface area contributed by atoms with E-state index in [2.05, 4.69) is 20.7 Å². The molecule has 1 aliphatic rings. The second kappa shape index (κ2) is 8.18. The van der Waals surface area contributed by atoms with Crippen LogP contribution in [0.3, 0.4) is 0 Å². The number of hydrogen-bond donors (Lipinski definition) is 3. The Labute approximate surface area is 175 Å². The van der Waals surface area contributed by atoms with Gasteiger partial charge in [-0.15, -0.1) is 11.3 Å². The van der Waals surface area contributed by atoms with Crippen molar-refractivity contribution in [1.29, 1.82) is 0 Å². The van der Waals surface area contributed by atoms with E-state index in [1.165, 1.54) is 17.4 Å². The minimum absolute atomic E-state index is 0.0366. The molecule has 0 radical (unpaired) electrons. The zero-order valence-corrected chi connectivity index (χ0v) is 17.2. The fourth-order valence-electron chi connectivity index (χ4n) is 2.94. The van der Waals surface area contributed by atoms with Gasteiger partial charge in [-0.2, -0.15) is 0 Å². The number of carbonyl (C=O) groups is 2. The summed E-state index contributed by atoms with van der Waals surface area (Å²) in [6, 6.07) is 6.10. The molecular weight excluding hydrogens is 414 g/mol. The standard InChI is InChI=1S/C18H17N5O4S2/c1-18(2)7-11-12(8-27-18)29-15(13(11)16(25)26)21-17(28)20-14(24)9-4-3-5-10(6-9)22-23-19/h3-6H,7-8H2,1-2H3,(H,25,26)(H2,20,21,24,28). The average Bonchev–Trinajstić information content (AvgIpc) is 2.98. The van der Waals surface area contributed by atoms with Crippen molar-refractivity contribution >= 4 is 51.2 Å². The van der Waals surface area contributed by atoms with Gasteiger partial charge >= 0.3 is 5.97 Å². The molecule has 2 aromatic rings. The van der Waals surface area contributed by atoms with Crippen LogP contribution in [-0.2, 0) is 17.8 Å². The van der Waals surface area contributed by atoms with Crippen LogP contribution in [0.4, 0.5) is 10.7 Å². The highest BCUT2D eigenvalue weighted by Crippen LogP contribution is 2.40. The molecule has 0 fully saturated rings. The molecule has 0 saturated carbocycles. The topological polar surface area (TPSA) is 136 Å². The third-order valence-electron chi connectivity index (χ3n) is 4.22. The first kappa shape index (κ1) is 20.7. The largest absolute Gasteiger partial charge is 0.478 e. The van der Waals surface area contributed by atoms with Crippen molar-refractivity contribution in [3.63, 3.8) is 0 Å². The molecule has 3 rings (SSSR count). The smallest absolute Gasteiger partial charge is 0.339 e. The Morgan fingerprint density at radius 3 is 2.86 bits per heavy atom. The van der Waals surface area contributed by atoms with Crippen LogP contribution >= 0.6 is 23.6 Å². The van der Waals surface area contributed by atoms with Gasteiger partial charge in [-0.3, -0.25) is 10.1 Å². The first-order chi connectivity index (χ1) is 13.7. The quantitative estimate of drug-likeness (QED) is 0.285. The lowest BCUT2D eigenvalue weighted by atomic mass is 9.93. The van der Waals surface area contributed by atoms with E-state index in [0.717, 1.165) is 10.4 Å². The summed E-state index contributed by atoms with van der Waals surface area (Å²) in [6.45, 7) is 4.13. The van der Waals surface area contributed by atoms with Crippen molar-refractivity contribution in [2.24, 2.45) is 5.11 Å². The molecule has 0 aliphatic carbocycles. The summed E-state index contributed by atoms with van der Waals surface area (Å²) in [4.78, 5) is 27.7. The van der Waals surface area contributed by atoms with Crippen LogP contribution < -0.4 is 10.6 Å². The van der Waals surface area contributed by atoms with Gasteiger partial charge in [0.05, 0.1) is 17.8 Å². The van der Waals surface area contributed by atoms with E-state index in [9.17, 15) is 14.7 Å². The van der Waals surface area contributed by atoms with E-state index in [-0.39, 0.29) is 16.2 Å². The number of ether oxygens (including phenoxy) is 1. The molecule has 2 heterocycles. The second-order valence-electron chi connectivity index (χ2n) is 6.89. The number of anilines is 1. The number of carbonyl (C=O) groups excluding carboxylic acids is 1. The molecule has 29 heavy (non-hydrogen) atoms. The number of nitrogens with one attached hydrogen (secondary N) is 2. The lowest BCUT2D eigenvalue weighted by molar-refractivity contribution is -0.0384. The summed E-state index contributed by atoms with van der Waals surface area (Å²) < 4.78 is 5.75.